The Hall–Kier alpha value is -3.60. The summed E-state index contributed by atoms with van der Waals surface area (Å²) in [4.78, 5) is 29.8. The fourth-order valence-corrected chi connectivity index (χ4v) is 5.32. The van der Waals surface area contributed by atoms with Crippen LogP contribution in [0.4, 0.5) is 0 Å². The van der Waals surface area contributed by atoms with Gasteiger partial charge in [-0.2, -0.15) is 0 Å². The van der Waals surface area contributed by atoms with E-state index in [4.69, 9.17) is 4.74 Å². The van der Waals surface area contributed by atoms with Crippen LogP contribution < -0.4 is 10.1 Å². The number of ether oxygens (including phenoxy) is 1. The minimum atomic E-state index is -0.622. The Morgan fingerprint density at radius 3 is 2.39 bits per heavy atom. The molecule has 200 valence electrons. The van der Waals surface area contributed by atoms with Crippen LogP contribution in [-0.4, -0.2) is 35.9 Å². The molecule has 0 aromatic heterocycles. The lowest BCUT2D eigenvalue weighted by atomic mass is 9.94. The van der Waals surface area contributed by atoms with Crippen molar-refractivity contribution in [2.45, 2.75) is 77.4 Å². The van der Waals surface area contributed by atoms with Crippen molar-refractivity contribution in [3.05, 3.63) is 101 Å². The van der Waals surface area contributed by atoms with Crippen LogP contribution in [0.25, 0.3) is 0 Å². The van der Waals surface area contributed by atoms with E-state index in [1.165, 1.54) is 6.42 Å². The van der Waals surface area contributed by atoms with Crippen molar-refractivity contribution in [1.29, 1.82) is 0 Å². The van der Waals surface area contributed by atoms with Crippen LogP contribution in [-0.2, 0) is 29.0 Å². The standard InChI is InChI=1S/C33H40N2O3/c1-24-17-18-25(2)28(19-24)22-32(36)35(23-27-13-10-16-30(20-27)38-3)31(21-26-11-6-4-7-12-26)33(37)34-29-14-8-5-9-15-29/h4,6-7,10-13,16-20,29,31H,5,8-9,14-15,21-23H2,1-3H3,(H,34,37)/t31-/m1/s1. The molecular formula is C33H40N2O3. The van der Waals surface area contributed by atoms with Gasteiger partial charge in [-0.15, -0.1) is 0 Å². The van der Waals surface area contributed by atoms with Crippen LogP contribution in [0.2, 0.25) is 0 Å². The lowest BCUT2D eigenvalue weighted by Crippen LogP contribution is -2.53. The molecule has 1 atom stereocenters. The van der Waals surface area contributed by atoms with Crippen molar-refractivity contribution in [3.63, 3.8) is 0 Å². The van der Waals surface area contributed by atoms with Crippen LogP contribution in [0.15, 0.2) is 72.8 Å². The van der Waals surface area contributed by atoms with Gasteiger partial charge in [0.15, 0.2) is 0 Å². The number of carbonyl (C=O) groups excluding carboxylic acids is 2. The first kappa shape index (κ1) is 27.4. The minimum Gasteiger partial charge on any atom is -0.497 e. The summed E-state index contributed by atoms with van der Waals surface area (Å²) in [6, 6.07) is 23.5. The molecule has 1 saturated carbocycles. The summed E-state index contributed by atoms with van der Waals surface area (Å²) in [5.41, 5.74) is 5.16. The molecule has 4 rings (SSSR count). The summed E-state index contributed by atoms with van der Waals surface area (Å²) in [5.74, 6) is 0.606. The van der Waals surface area contributed by atoms with E-state index in [0.29, 0.717) is 13.0 Å². The second-order valence-corrected chi connectivity index (χ2v) is 10.5. The Bertz CT molecular complexity index is 1220. The first-order valence-corrected chi connectivity index (χ1v) is 13.8. The summed E-state index contributed by atoms with van der Waals surface area (Å²) in [6.07, 6.45) is 6.19. The maximum Gasteiger partial charge on any atom is 0.243 e. The van der Waals surface area contributed by atoms with E-state index in [-0.39, 0.29) is 24.3 Å². The number of rotatable bonds is 10. The average Bonchev–Trinajstić information content (AvgIpc) is 2.93. The zero-order chi connectivity index (χ0) is 26.9. The molecule has 1 fully saturated rings. The summed E-state index contributed by atoms with van der Waals surface area (Å²) in [5, 5.41) is 3.31. The zero-order valence-electron chi connectivity index (χ0n) is 22.9. The van der Waals surface area contributed by atoms with Gasteiger partial charge in [-0.05, 0) is 61.1 Å². The van der Waals surface area contributed by atoms with Gasteiger partial charge in [-0.1, -0.05) is 85.5 Å². The third kappa shape index (κ3) is 7.47. The van der Waals surface area contributed by atoms with Gasteiger partial charge < -0.3 is 15.0 Å². The number of hydrogen-bond acceptors (Lipinski definition) is 3. The Balaban J connectivity index is 1.68. The first-order chi connectivity index (χ1) is 18.4. The molecule has 3 aromatic carbocycles. The normalized spacial score (nSPS) is 14.5. The highest BCUT2D eigenvalue weighted by Gasteiger charge is 2.32. The summed E-state index contributed by atoms with van der Waals surface area (Å²) in [7, 11) is 1.64. The van der Waals surface area contributed by atoms with Gasteiger partial charge in [-0.25, -0.2) is 0 Å². The molecular weight excluding hydrogens is 472 g/mol. The molecule has 38 heavy (non-hydrogen) atoms. The summed E-state index contributed by atoms with van der Waals surface area (Å²) < 4.78 is 5.44. The molecule has 0 aliphatic heterocycles. The van der Waals surface area contributed by atoms with Crippen LogP contribution in [0, 0.1) is 13.8 Å². The van der Waals surface area contributed by atoms with E-state index in [2.05, 4.69) is 23.5 Å². The predicted octanol–water partition coefficient (Wildman–Crippen LogP) is 5.94. The lowest BCUT2D eigenvalue weighted by Gasteiger charge is -2.34. The zero-order valence-corrected chi connectivity index (χ0v) is 22.9. The van der Waals surface area contributed by atoms with Gasteiger partial charge in [0.2, 0.25) is 11.8 Å². The SMILES string of the molecule is COc1cccc(CN(C(=O)Cc2cc(C)ccc2C)[C@H](Cc2ccccc2)C(=O)NC2CCCCC2)c1. The van der Waals surface area contributed by atoms with Crippen LogP contribution in [0.1, 0.15) is 59.9 Å². The summed E-state index contributed by atoms with van der Waals surface area (Å²) >= 11 is 0. The van der Waals surface area contributed by atoms with Gasteiger partial charge >= 0.3 is 0 Å². The number of carbonyl (C=O) groups is 2. The predicted molar refractivity (Wildman–Crippen MR) is 152 cm³/mol. The van der Waals surface area contributed by atoms with E-state index in [0.717, 1.165) is 59.3 Å². The molecule has 0 unspecified atom stereocenters. The first-order valence-electron chi connectivity index (χ1n) is 13.8. The van der Waals surface area contributed by atoms with E-state index in [1.54, 1.807) is 12.0 Å². The number of aryl methyl sites for hydroxylation is 2. The van der Waals surface area contributed by atoms with Gasteiger partial charge in [0.25, 0.3) is 0 Å². The van der Waals surface area contributed by atoms with Crippen molar-refractivity contribution in [3.8, 4) is 5.75 Å². The molecule has 0 heterocycles. The largest absolute Gasteiger partial charge is 0.497 e. The Kier molecular flexibility index (Phi) is 9.58. The molecule has 2 amide bonds. The maximum atomic E-state index is 14.1. The van der Waals surface area contributed by atoms with E-state index in [1.807, 2.05) is 68.4 Å². The maximum absolute atomic E-state index is 14.1. The molecule has 0 radical (unpaired) electrons. The lowest BCUT2D eigenvalue weighted by molar-refractivity contribution is -0.141. The topological polar surface area (TPSA) is 58.6 Å². The fraction of sp³-hybridized carbons (Fsp3) is 0.394. The third-order valence-corrected chi connectivity index (χ3v) is 7.56. The van der Waals surface area contributed by atoms with Crippen LogP contribution >= 0.6 is 0 Å². The van der Waals surface area contributed by atoms with Crippen LogP contribution in [0.5, 0.6) is 5.75 Å². The van der Waals surface area contributed by atoms with Crippen molar-refractivity contribution in [2.24, 2.45) is 0 Å². The molecule has 0 spiro atoms. The van der Waals surface area contributed by atoms with Gasteiger partial charge in [-0.3, -0.25) is 9.59 Å². The second kappa shape index (κ2) is 13.3. The number of amides is 2. The minimum absolute atomic E-state index is 0.0544. The molecule has 5 nitrogen and oxygen atoms in total. The Morgan fingerprint density at radius 2 is 1.66 bits per heavy atom. The highest BCUT2D eigenvalue weighted by molar-refractivity contribution is 5.89. The van der Waals surface area contributed by atoms with Gasteiger partial charge in [0.05, 0.1) is 13.5 Å². The Labute approximate surface area is 227 Å². The number of benzene rings is 3. The van der Waals surface area contributed by atoms with Crippen molar-refractivity contribution >= 4 is 11.8 Å². The van der Waals surface area contributed by atoms with Gasteiger partial charge in [0, 0.05) is 19.0 Å². The number of nitrogens with one attached hydrogen (secondary N) is 1. The molecule has 5 heteroatoms. The highest BCUT2D eigenvalue weighted by Crippen LogP contribution is 2.22. The van der Waals surface area contributed by atoms with E-state index >= 15 is 0 Å². The highest BCUT2D eigenvalue weighted by atomic mass is 16.5. The number of hydrogen-bond donors (Lipinski definition) is 1. The van der Waals surface area contributed by atoms with Crippen molar-refractivity contribution in [2.75, 3.05) is 7.11 Å². The quantitative estimate of drug-likeness (QED) is 0.366. The molecule has 3 aromatic rings. The van der Waals surface area contributed by atoms with Gasteiger partial charge in [0.1, 0.15) is 11.8 Å². The number of nitrogens with zero attached hydrogens (tertiary/aromatic N) is 1. The average molecular weight is 513 g/mol. The summed E-state index contributed by atoms with van der Waals surface area (Å²) in [6.45, 7) is 4.40. The molecule has 0 bridgehead atoms. The Morgan fingerprint density at radius 1 is 0.921 bits per heavy atom. The van der Waals surface area contributed by atoms with E-state index < -0.39 is 6.04 Å². The smallest absolute Gasteiger partial charge is 0.243 e. The van der Waals surface area contributed by atoms with Crippen molar-refractivity contribution < 1.29 is 14.3 Å². The van der Waals surface area contributed by atoms with E-state index in [9.17, 15) is 9.59 Å². The molecule has 1 aliphatic carbocycles. The third-order valence-electron chi connectivity index (χ3n) is 7.56. The monoisotopic (exact) mass is 512 g/mol. The fourth-order valence-electron chi connectivity index (χ4n) is 5.32. The molecule has 1 N–H and O–H groups in total. The van der Waals surface area contributed by atoms with Crippen molar-refractivity contribution in [1.82, 2.24) is 10.2 Å². The second-order valence-electron chi connectivity index (χ2n) is 10.5. The van der Waals surface area contributed by atoms with Crippen LogP contribution in [0.3, 0.4) is 0 Å². The molecule has 0 saturated heterocycles. The molecule has 1 aliphatic rings. The number of methoxy groups -OCH3 is 1.